The lowest BCUT2D eigenvalue weighted by Crippen LogP contribution is -2.42. The fraction of sp³-hybridized carbons (Fsp3) is 0.152. The van der Waals surface area contributed by atoms with E-state index in [0.717, 1.165) is 12.1 Å². The van der Waals surface area contributed by atoms with Gasteiger partial charge in [0.15, 0.2) is 6.10 Å². The van der Waals surface area contributed by atoms with Gasteiger partial charge in [0.05, 0.1) is 27.2 Å². The van der Waals surface area contributed by atoms with E-state index in [1.54, 1.807) is 66.7 Å². The van der Waals surface area contributed by atoms with Crippen molar-refractivity contribution in [2.75, 3.05) is 6.61 Å². The highest BCUT2D eigenvalue weighted by Gasteiger charge is 2.52. The van der Waals surface area contributed by atoms with E-state index < -0.39 is 60.0 Å². The van der Waals surface area contributed by atoms with Crippen molar-refractivity contribution in [1.29, 1.82) is 0 Å². The van der Waals surface area contributed by atoms with Gasteiger partial charge in [-0.05, 0) is 48.5 Å². The van der Waals surface area contributed by atoms with E-state index in [1.165, 1.54) is 36.4 Å². The van der Waals surface area contributed by atoms with Crippen LogP contribution < -0.4 is 0 Å². The van der Waals surface area contributed by atoms with Crippen LogP contribution in [0.4, 0.5) is 5.69 Å². The Kier molecular flexibility index (Phi) is 9.55. The summed E-state index contributed by atoms with van der Waals surface area (Å²) in [6, 6.07) is 28.7. The zero-order chi connectivity index (χ0) is 31.8. The van der Waals surface area contributed by atoms with Gasteiger partial charge >= 0.3 is 23.9 Å². The highest BCUT2D eigenvalue weighted by Crippen LogP contribution is 2.31. The van der Waals surface area contributed by atoms with Crippen molar-refractivity contribution in [3.63, 3.8) is 0 Å². The van der Waals surface area contributed by atoms with E-state index in [2.05, 4.69) is 0 Å². The van der Waals surface area contributed by atoms with Gasteiger partial charge < -0.3 is 23.7 Å². The topological polar surface area (TPSA) is 158 Å². The Bertz CT molecular complexity index is 1660. The fourth-order valence-electron chi connectivity index (χ4n) is 4.43. The maximum atomic E-state index is 13.2. The maximum Gasteiger partial charge on any atom is 0.340 e. The summed E-state index contributed by atoms with van der Waals surface area (Å²) in [4.78, 5) is 62.5. The first-order valence-electron chi connectivity index (χ1n) is 13.7. The molecule has 0 N–H and O–H groups in total. The monoisotopic (exact) mass is 611 g/mol. The first-order valence-corrected chi connectivity index (χ1v) is 13.7. The predicted octanol–water partition coefficient (Wildman–Crippen LogP) is 4.78. The second kappa shape index (κ2) is 14.1. The molecule has 1 fully saturated rings. The van der Waals surface area contributed by atoms with Crippen LogP contribution in [-0.2, 0) is 23.7 Å². The normalized spacial score (nSPS) is 18.8. The SMILES string of the molecule is O=C(OC[C@H]1OC(OC(=O)c2ccc([N+](=O)[O-])cc2)C(OC(=O)c2ccccc2)[C@H]1OC(=O)c1ccccc1)c1ccccc1. The highest BCUT2D eigenvalue weighted by molar-refractivity contribution is 5.91. The maximum absolute atomic E-state index is 13.2. The predicted molar refractivity (Wildman–Crippen MR) is 155 cm³/mol. The van der Waals surface area contributed by atoms with Gasteiger partial charge in [0.25, 0.3) is 5.69 Å². The lowest BCUT2D eigenvalue weighted by Gasteiger charge is -2.24. The summed E-state index contributed by atoms with van der Waals surface area (Å²) >= 11 is 0. The van der Waals surface area contributed by atoms with Gasteiger partial charge in [-0.1, -0.05) is 54.6 Å². The minimum absolute atomic E-state index is 0.0610. The number of ether oxygens (including phenoxy) is 5. The van der Waals surface area contributed by atoms with Crippen LogP contribution in [0.15, 0.2) is 115 Å². The Morgan fingerprint density at radius 1 is 0.578 bits per heavy atom. The third-order valence-electron chi connectivity index (χ3n) is 6.70. The Morgan fingerprint density at radius 3 is 1.49 bits per heavy atom. The van der Waals surface area contributed by atoms with Crippen LogP contribution in [0.3, 0.4) is 0 Å². The molecular formula is C33H25NO11. The smallest absolute Gasteiger partial charge is 0.340 e. The number of benzene rings is 4. The van der Waals surface area contributed by atoms with Crippen LogP contribution in [0.2, 0.25) is 0 Å². The summed E-state index contributed by atoms with van der Waals surface area (Å²) in [5.41, 5.74) is 0.282. The molecule has 228 valence electrons. The molecule has 4 atom stereocenters. The average Bonchev–Trinajstić information content (AvgIpc) is 3.39. The van der Waals surface area contributed by atoms with Crippen LogP contribution in [0.25, 0.3) is 0 Å². The van der Waals surface area contributed by atoms with Gasteiger partial charge in [0.2, 0.25) is 12.4 Å². The molecule has 4 aromatic rings. The second-order valence-electron chi connectivity index (χ2n) is 9.69. The molecule has 45 heavy (non-hydrogen) atoms. The Morgan fingerprint density at radius 2 is 1.00 bits per heavy atom. The van der Waals surface area contributed by atoms with Crippen molar-refractivity contribution < 1.29 is 47.8 Å². The molecule has 0 aromatic heterocycles. The van der Waals surface area contributed by atoms with Crippen molar-refractivity contribution in [1.82, 2.24) is 0 Å². The molecular weight excluding hydrogens is 586 g/mol. The number of nitro benzene ring substituents is 1. The minimum atomic E-state index is -1.63. The highest BCUT2D eigenvalue weighted by atomic mass is 16.8. The van der Waals surface area contributed by atoms with E-state index in [0.29, 0.717) is 0 Å². The third-order valence-corrected chi connectivity index (χ3v) is 6.70. The number of nitro groups is 1. The zero-order valence-electron chi connectivity index (χ0n) is 23.4. The number of non-ortho nitro benzene ring substituents is 1. The van der Waals surface area contributed by atoms with Gasteiger partial charge in [-0.2, -0.15) is 0 Å². The number of nitrogens with zero attached hydrogens (tertiary/aromatic N) is 1. The molecule has 12 heteroatoms. The first kappa shape index (κ1) is 30.6. The van der Waals surface area contributed by atoms with E-state index >= 15 is 0 Å². The number of rotatable bonds is 10. The summed E-state index contributed by atoms with van der Waals surface area (Å²) in [6.45, 7) is -0.467. The molecule has 1 aliphatic heterocycles. The van der Waals surface area contributed by atoms with E-state index in [4.69, 9.17) is 23.7 Å². The molecule has 0 spiro atoms. The minimum Gasteiger partial charge on any atom is -0.459 e. The van der Waals surface area contributed by atoms with Gasteiger partial charge in [-0.3, -0.25) is 10.1 Å². The summed E-state index contributed by atoms with van der Waals surface area (Å²) in [5, 5.41) is 11.0. The molecule has 0 radical (unpaired) electrons. The van der Waals surface area contributed by atoms with Gasteiger partial charge in [-0.15, -0.1) is 0 Å². The van der Waals surface area contributed by atoms with Crippen LogP contribution >= 0.6 is 0 Å². The number of hydrogen-bond acceptors (Lipinski definition) is 11. The van der Waals surface area contributed by atoms with Gasteiger partial charge in [0.1, 0.15) is 12.7 Å². The third kappa shape index (κ3) is 7.56. The standard InChI is InChI=1S/C33H25NO11/c35-29(21-10-4-1-5-11-21)41-20-26-27(43-30(36)22-12-6-2-7-13-22)28(44-31(37)23-14-8-3-9-15-23)33(42-26)45-32(38)24-16-18-25(19-17-24)34(39)40/h1-19,26-28,33H,20H2/t26-,27+,28?,33?/m1/s1. The molecule has 1 heterocycles. The Balaban J connectivity index is 1.44. The summed E-state index contributed by atoms with van der Waals surface area (Å²) in [6.07, 6.45) is -5.78. The molecule has 1 aliphatic rings. The van der Waals surface area contributed by atoms with Crippen molar-refractivity contribution in [3.05, 3.63) is 148 Å². The van der Waals surface area contributed by atoms with Crippen LogP contribution in [-0.4, -0.2) is 60.0 Å². The number of carbonyl (C=O) groups excluding carboxylic acids is 4. The van der Waals surface area contributed by atoms with Crippen LogP contribution in [0.5, 0.6) is 0 Å². The lowest BCUT2D eigenvalue weighted by atomic mass is 10.1. The molecule has 0 saturated carbocycles. The van der Waals surface area contributed by atoms with Crippen molar-refractivity contribution in [2.45, 2.75) is 24.6 Å². The second-order valence-corrected chi connectivity index (χ2v) is 9.69. The molecule has 12 nitrogen and oxygen atoms in total. The molecule has 5 rings (SSSR count). The largest absolute Gasteiger partial charge is 0.459 e. The van der Waals surface area contributed by atoms with Gasteiger partial charge in [-0.25, -0.2) is 19.2 Å². The van der Waals surface area contributed by atoms with E-state index in [9.17, 15) is 29.3 Å². The molecule has 0 aliphatic carbocycles. The molecule has 1 saturated heterocycles. The molecule has 0 amide bonds. The first-order chi connectivity index (χ1) is 21.8. The molecule has 2 unspecified atom stereocenters. The lowest BCUT2D eigenvalue weighted by molar-refractivity contribution is -0.384. The zero-order valence-corrected chi connectivity index (χ0v) is 23.4. The fourth-order valence-corrected chi connectivity index (χ4v) is 4.43. The quantitative estimate of drug-likeness (QED) is 0.105. The summed E-state index contributed by atoms with van der Waals surface area (Å²) in [7, 11) is 0. The number of hydrogen-bond donors (Lipinski definition) is 0. The Labute approximate surface area is 256 Å². The summed E-state index contributed by atoms with van der Waals surface area (Å²) < 4.78 is 28.4. The van der Waals surface area contributed by atoms with Crippen molar-refractivity contribution in [2.24, 2.45) is 0 Å². The average molecular weight is 612 g/mol. The molecule has 0 bridgehead atoms. The Hall–Kier alpha value is -5.88. The number of esters is 4. The molecule has 4 aromatic carbocycles. The van der Waals surface area contributed by atoms with Crippen molar-refractivity contribution >= 4 is 29.6 Å². The van der Waals surface area contributed by atoms with Crippen LogP contribution in [0, 0.1) is 10.1 Å². The summed E-state index contributed by atoms with van der Waals surface area (Å²) in [5.74, 6) is -3.29. The van der Waals surface area contributed by atoms with Crippen molar-refractivity contribution in [3.8, 4) is 0 Å². The van der Waals surface area contributed by atoms with Crippen LogP contribution in [0.1, 0.15) is 41.4 Å². The van der Waals surface area contributed by atoms with Gasteiger partial charge in [0, 0.05) is 12.1 Å². The van der Waals surface area contributed by atoms with E-state index in [1.807, 2.05) is 0 Å². The number of carbonyl (C=O) groups is 4. The van der Waals surface area contributed by atoms with E-state index in [-0.39, 0.29) is 27.9 Å².